The molecule has 0 radical (unpaired) electrons. The summed E-state index contributed by atoms with van der Waals surface area (Å²) in [5.41, 5.74) is 1.12. The van der Waals surface area contributed by atoms with Gasteiger partial charge in [-0.15, -0.1) is 0 Å². The van der Waals surface area contributed by atoms with E-state index in [-0.39, 0.29) is 6.10 Å². The molecule has 5 heteroatoms. The Labute approximate surface area is 110 Å². The lowest BCUT2D eigenvalue weighted by Crippen LogP contribution is -2.26. The molecule has 1 aromatic heterocycles. The number of hydrogen-bond donors (Lipinski definition) is 0. The number of ether oxygens (including phenoxy) is 2. The lowest BCUT2D eigenvalue weighted by Gasteiger charge is -2.21. The van der Waals surface area contributed by atoms with Gasteiger partial charge in [0.2, 0.25) is 0 Å². The van der Waals surface area contributed by atoms with Crippen LogP contribution < -0.4 is 0 Å². The zero-order valence-corrected chi connectivity index (χ0v) is 11.9. The van der Waals surface area contributed by atoms with Crippen LogP contribution in [0, 0.1) is 0 Å². The molecule has 1 atom stereocenters. The fourth-order valence-corrected chi connectivity index (χ4v) is 1.93. The van der Waals surface area contributed by atoms with Crippen molar-refractivity contribution in [3.05, 3.63) is 18.0 Å². The second-order valence-electron chi connectivity index (χ2n) is 4.52. The van der Waals surface area contributed by atoms with Crippen molar-refractivity contribution >= 4 is 0 Å². The average Bonchev–Trinajstić information content (AvgIpc) is 2.82. The van der Waals surface area contributed by atoms with Crippen molar-refractivity contribution in [2.45, 2.75) is 26.0 Å². The molecule has 1 unspecified atom stereocenters. The van der Waals surface area contributed by atoms with Gasteiger partial charge in [-0.25, -0.2) is 0 Å². The summed E-state index contributed by atoms with van der Waals surface area (Å²) in [7, 11) is 5.56. The quantitative estimate of drug-likeness (QED) is 0.671. The van der Waals surface area contributed by atoms with Gasteiger partial charge in [-0.1, -0.05) is 6.92 Å². The van der Waals surface area contributed by atoms with Crippen LogP contribution in [0.5, 0.6) is 0 Å². The highest BCUT2D eigenvalue weighted by Gasteiger charge is 2.14. The van der Waals surface area contributed by atoms with E-state index in [2.05, 4.69) is 24.0 Å². The summed E-state index contributed by atoms with van der Waals surface area (Å²) in [5, 5.41) is 4.31. The summed E-state index contributed by atoms with van der Waals surface area (Å²) in [6.45, 7) is 5.60. The standard InChI is InChI=1S/C13H25N3O2/c1-5-6-15(2)11-13(18-4)12-9-14-16(10-12)7-8-17-3/h9-10,13H,5-8,11H2,1-4H3. The van der Waals surface area contributed by atoms with Crippen molar-refractivity contribution in [1.29, 1.82) is 0 Å². The summed E-state index contributed by atoms with van der Waals surface area (Å²) in [6, 6.07) is 0. The first-order valence-electron chi connectivity index (χ1n) is 6.43. The number of methoxy groups -OCH3 is 2. The van der Waals surface area contributed by atoms with Gasteiger partial charge in [0.1, 0.15) is 0 Å². The summed E-state index contributed by atoms with van der Waals surface area (Å²) < 4.78 is 12.5. The Balaban J connectivity index is 2.55. The predicted octanol–water partition coefficient (Wildman–Crippen LogP) is 1.56. The second-order valence-corrected chi connectivity index (χ2v) is 4.52. The minimum absolute atomic E-state index is 0.0813. The van der Waals surface area contributed by atoms with Crippen molar-refractivity contribution in [3.63, 3.8) is 0 Å². The molecule has 104 valence electrons. The minimum Gasteiger partial charge on any atom is -0.383 e. The van der Waals surface area contributed by atoms with Gasteiger partial charge in [-0.2, -0.15) is 5.10 Å². The van der Waals surface area contributed by atoms with E-state index in [9.17, 15) is 0 Å². The van der Waals surface area contributed by atoms with Crippen LogP contribution in [-0.4, -0.2) is 55.6 Å². The third-order valence-corrected chi connectivity index (χ3v) is 2.92. The SMILES string of the molecule is CCCN(C)CC(OC)c1cnn(CCOC)c1. The maximum absolute atomic E-state index is 5.54. The zero-order chi connectivity index (χ0) is 13.4. The van der Waals surface area contributed by atoms with E-state index < -0.39 is 0 Å². The topological polar surface area (TPSA) is 39.5 Å². The Hall–Kier alpha value is -0.910. The highest BCUT2D eigenvalue weighted by Crippen LogP contribution is 2.16. The van der Waals surface area contributed by atoms with Gasteiger partial charge in [0.25, 0.3) is 0 Å². The molecule has 0 aromatic carbocycles. The molecule has 0 saturated heterocycles. The maximum atomic E-state index is 5.54. The molecule has 1 aromatic rings. The van der Waals surface area contributed by atoms with Gasteiger partial charge in [0.05, 0.1) is 25.5 Å². The Kier molecular flexibility index (Phi) is 6.93. The normalized spacial score (nSPS) is 13.2. The van der Waals surface area contributed by atoms with Crippen molar-refractivity contribution in [1.82, 2.24) is 14.7 Å². The summed E-state index contributed by atoms with van der Waals surface area (Å²) in [5.74, 6) is 0. The lowest BCUT2D eigenvalue weighted by molar-refractivity contribution is 0.0715. The molecule has 0 aliphatic heterocycles. The number of hydrogen-bond acceptors (Lipinski definition) is 4. The number of likely N-dealkylation sites (N-methyl/N-ethyl adjacent to an activating group) is 1. The van der Waals surface area contributed by atoms with Crippen LogP contribution in [0.1, 0.15) is 25.0 Å². The van der Waals surface area contributed by atoms with Crippen molar-refractivity contribution in [3.8, 4) is 0 Å². The largest absolute Gasteiger partial charge is 0.383 e. The maximum Gasteiger partial charge on any atom is 0.0978 e. The molecule has 1 heterocycles. The number of rotatable bonds is 9. The van der Waals surface area contributed by atoms with Crippen LogP contribution in [0.25, 0.3) is 0 Å². The first kappa shape index (κ1) is 15.1. The third kappa shape index (κ3) is 4.76. The van der Waals surface area contributed by atoms with E-state index in [1.165, 1.54) is 0 Å². The fourth-order valence-electron chi connectivity index (χ4n) is 1.93. The number of nitrogens with zero attached hydrogens (tertiary/aromatic N) is 3. The Morgan fingerprint density at radius 2 is 2.22 bits per heavy atom. The molecule has 1 rings (SSSR count). The monoisotopic (exact) mass is 255 g/mol. The highest BCUT2D eigenvalue weighted by molar-refractivity contribution is 5.09. The van der Waals surface area contributed by atoms with Gasteiger partial charge in [-0.05, 0) is 20.0 Å². The third-order valence-electron chi connectivity index (χ3n) is 2.92. The van der Waals surface area contributed by atoms with Crippen LogP contribution in [0.2, 0.25) is 0 Å². The van der Waals surface area contributed by atoms with Crippen molar-refractivity contribution < 1.29 is 9.47 Å². The Morgan fingerprint density at radius 1 is 1.44 bits per heavy atom. The van der Waals surface area contributed by atoms with Crippen LogP contribution in [0.4, 0.5) is 0 Å². The first-order valence-corrected chi connectivity index (χ1v) is 6.43. The van der Waals surface area contributed by atoms with E-state index in [1.54, 1.807) is 14.2 Å². The average molecular weight is 255 g/mol. The summed E-state index contributed by atoms with van der Waals surface area (Å²) >= 11 is 0. The molecule has 0 spiro atoms. The molecule has 0 aliphatic rings. The van der Waals surface area contributed by atoms with Crippen molar-refractivity contribution in [2.24, 2.45) is 0 Å². The first-order chi connectivity index (χ1) is 8.71. The van der Waals surface area contributed by atoms with Gasteiger partial charge in [-0.3, -0.25) is 4.68 Å². The Morgan fingerprint density at radius 3 is 2.83 bits per heavy atom. The van der Waals surface area contributed by atoms with Crippen LogP contribution >= 0.6 is 0 Å². The zero-order valence-electron chi connectivity index (χ0n) is 11.9. The highest BCUT2D eigenvalue weighted by atomic mass is 16.5. The van der Waals surface area contributed by atoms with E-state index in [4.69, 9.17) is 9.47 Å². The van der Waals surface area contributed by atoms with Gasteiger partial charge >= 0.3 is 0 Å². The summed E-state index contributed by atoms with van der Waals surface area (Å²) in [6.07, 6.45) is 5.15. The van der Waals surface area contributed by atoms with Crippen LogP contribution in [0.3, 0.4) is 0 Å². The summed E-state index contributed by atoms with van der Waals surface area (Å²) in [4.78, 5) is 2.28. The predicted molar refractivity (Wildman–Crippen MR) is 71.6 cm³/mol. The lowest BCUT2D eigenvalue weighted by atomic mass is 10.2. The molecule has 0 saturated carbocycles. The van der Waals surface area contributed by atoms with Gasteiger partial charge in [0.15, 0.2) is 0 Å². The molecule has 5 nitrogen and oxygen atoms in total. The minimum atomic E-state index is 0.0813. The van der Waals surface area contributed by atoms with E-state index in [0.717, 1.165) is 31.6 Å². The van der Waals surface area contributed by atoms with Crippen molar-refractivity contribution in [2.75, 3.05) is 41.0 Å². The van der Waals surface area contributed by atoms with E-state index in [1.807, 2.05) is 17.1 Å². The van der Waals surface area contributed by atoms with E-state index >= 15 is 0 Å². The van der Waals surface area contributed by atoms with Crippen LogP contribution in [0.15, 0.2) is 12.4 Å². The Bertz CT molecular complexity index is 328. The van der Waals surface area contributed by atoms with Gasteiger partial charge in [0, 0.05) is 32.5 Å². The van der Waals surface area contributed by atoms with Gasteiger partial charge < -0.3 is 14.4 Å². The van der Waals surface area contributed by atoms with E-state index in [0.29, 0.717) is 6.61 Å². The number of aromatic nitrogens is 2. The smallest absolute Gasteiger partial charge is 0.0978 e. The molecule has 18 heavy (non-hydrogen) atoms. The molecule has 0 amide bonds. The molecule has 0 aliphatic carbocycles. The molecule has 0 fully saturated rings. The molecular weight excluding hydrogens is 230 g/mol. The van der Waals surface area contributed by atoms with Crippen LogP contribution in [-0.2, 0) is 16.0 Å². The molecule has 0 N–H and O–H groups in total. The second kappa shape index (κ2) is 8.24. The fraction of sp³-hybridized carbons (Fsp3) is 0.769. The molecular formula is C13H25N3O2. The molecule has 0 bridgehead atoms.